The number of ether oxygens (including phenoxy) is 2. The maximum atomic E-state index is 11.7. The van der Waals surface area contributed by atoms with E-state index in [1.54, 1.807) is 7.11 Å². The minimum Gasteiger partial charge on any atom is -0.496 e. The molecule has 1 fully saturated rings. The van der Waals surface area contributed by atoms with Crippen LogP contribution in [-0.2, 0) is 9.53 Å². The molecule has 0 saturated carbocycles. The molecule has 0 aromatic heterocycles. The summed E-state index contributed by atoms with van der Waals surface area (Å²) in [5.74, 6) is 0.663. The third-order valence-electron chi connectivity index (χ3n) is 3.26. The molecule has 1 aromatic rings. The van der Waals surface area contributed by atoms with Crippen LogP contribution in [0.3, 0.4) is 0 Å². The Labute approximate surface area is 101 Å². The molecule has 0 bridgehead atoms. The number of carbonyl (C=O) groups excluding carboxylic acids is 1. The quantitative estimate of drug-likeness (QED) is 0.799. The third kappa shape index (κ3) is 2.26. The summed E-state index contributed by atoms with van der Waals surface area (Å²) in [5.41, 5.74) is 1.07. The third-order valence-corrected chi connectivity index (χ3v) is 3.26. The van der Waals surface area contributed by atoms with Crippen LogP contribution in [0.4, 0.5) is 0 Å². The molecule has 2 rings (SSSR count). The normalized spacial score (nSPS) is 23.4. The van der Waals surface area contributed by atoms with Crippen LogP contribution in [0.15, 0.2) is 24.3 Å². The van der Waals surface area contributed by atoms with Crippen molar-refractivity contribution in [2.75, 3.05) is 27.3 Å². The first-order valence-corrected chi connectivity index (χ1v) is 5.69. The molecule has 1 N–H and O–H groups in total. The molecule has 0 unspecified atom stereocenters. The van der Waals surface area contributed by atoms with Crippen molar-refractivity contribution in [3.63, 3.8) is 0 Å². The molecule has 0 aliphatic carbocycles. The fourth-order valence-electron chi connectivity index (χ4n) is 2.38. The van der Waals surface area contributed by atoms with Crippen LogP contribution in [-0.4, -0.2) is 33.3 Å². The van der Waals surface area contributed by atoms with Crippen molar-refractivity contribution in [1.29, 1.82) is 0 Å². The van der Waals surface area contributed by atoms with E-state index in [9.17, 15) is 4.79 Å². The maximum absolute atomic E-state index is 11.7. The van der Waals surface area contributed by atoms with Crippen molar-refractivity contribution >= 4 is 5.97 Å². The molecule has 1 aliphatic rings. The van der Waals surface area contributed by atoms with Crippen LogP contribution < -0.4 is 10.1 Å². The highest BCUT2D eigenvalue weighted by molar-refractivity contribution is 5.74. The Bertz CT molecular complexity index is 405. The highest BCUT2D eigenvalue weighted by atomic mass is 16.5. The van der Waals surface area contributed by atoms with Gasteiger partial charge in [0.15, 0.2) is 0 Å². The highest BCUT2D eigenvalue weighted by Crippen LogP contribution is 2.34. The lowest BCUT2D eigenvalue weighted by molar-refractivity contribution is -0.145. The summed E-state index contributed by atoms with van der Waals surface area (Å²) in [5, 5.41) is 3.23. The Morgan fingerprint density at radius 1 is 1.29 bits per heavy atom. The Hall–Kier alpha value is -1.55. The molecule has 0 radical (unpaired) electrons. The molecule has 92 valence electrons. The molecular formula is C13H17NO3. The molecule has 0 amide bonds. The van der Waals surface area contributed by atoms with Crippen molar-refractivity contribution in [3.8, 4) is 5.75 Å². The molecule has 2 atom stereocenters. The lowest BCUT2D eigenvalue weighted by atomic mass is 9.88. The van der Waals surface area contributed by atoms with Gasteiger partial charge < -0.3 is 14.8 Å². The smallest absolute Gasteiger partial charge is 0.310 e. The Balaban J connectivity index is 2.29. The van der Waals surface area contributed by atoms with E-state index in [0.29, 0.717) is 6.54 Å². The van der Waals surface area contributed by atoms with E-state index in [1.807, 2.05) is 24.3 Å². The molecule has 1 heterocycles. The standard InChI is InChI=1S/C13H17NO3/c1-16-12-6-4-3-5-9(12)10-7-14-8-11(10)13(15)17-2/h3-6,10-11,14H,7-8H2,1-2H3/t10-,11-/m0/s1. The fraction of sp³-hybridized carbons (Fsp3) is 0.462. The van der Waals surface area contributed by atoms with Crippen molar-refractivity contribution in [3.05, 3.63) is 29.8 Å². The number of benzene rings is 1. The molecule has 1 saturated heterocycles. The van der Waals surface area contributed by atoms with Gasteiger partial charge in [-0.25, -0.2) is 0 Å². The summed E-state index contributed by atoms with van der Waals surface area (Å²) in [6.07, 6.45) is 0. The zero-order valence-electron chi connectivity index (χ0n) is 10.1. The first-order chi connectivity index (χ1) is 8.27. The van der Waals surface area contributed by atoms with Gasteiger partial charge in [0.25, 0.3) is 0 Å². The predicted octanol–water partition coefficient (Wildman–Crippen LogP) is 1.17. The SMILES string of the molecule is COC(=O)[C@H]1CNC[C@H]1c1ccccc1OC. The first kappa shape index (κ1) is 11.9. The minimum atomic E-state index is -0.161. The number of nitrogens with one attached hydrogen (secondary N) is 1. The van der Waals surface area contributed by atoms with E-state index in [4.69, 9.17) is 9.47 Å². The van der Waals surface area contributed by atoms with Gasteiger partial charge >= 0.3 is 5.97 Å². The Kier molecular flexibility index (Phi) is 3.64. The van der Waals surface area contributed by atoms with Crippen LogP contribution in [0.1, 0.15) is 11.5 Å². The topological polar surface area (TPSA) is 47.6 Å². The second kappa shape index (κ2) is 5.19. The van der Waals surface area contributed by atoms with Crippen LogP contribution in [0.25, 0.3) is 0 Å². The average Bonchev–Trinajstić information content (AvgIpc) is 2.86. The van der Waals surface area contributed by atoms with Crippen molar-refractivity contribution in [2.24, 2.45) is 5.92 Å². The van der Waals surface area contributed by atoms with Gasteiger partial charge in [-0.05, 0) is 11.6 Å². The number of methoxy groups -OCH3 is 2. The number of hydrogen-bond acceptors (Lipinski definition) is 4. The molecule has 17 heavy (non-hydrogen) atoms. The van der Waals surface area contributed by atoms with E-state index in [0.717, 1.165) is 17.9 Å². The number of hydrogen-bond donors (Lipinski definition) is 1. The molecule has 4 heteroatoms. The zero-order valence-corrected chi connectivity index (χ0v) is 10.1. The van der Waals surface area contributed by atoms with Crippen molar-refractivity contribution in [1.82, 2.24) is 5.32 Å². The van der Waals surface area contributed by atoms with Crippen molar-refractivity contribution in [2.45, 2.75) is 5.92 Å². The van der Waals surface area contributed by atoms with Crippen LogP contribution >= 0.6 is 0 Å². The summed E-state index contributed by atoms with van der Waals surface area (Å²) in [6.45, 7) is 1.44. The predicted molar refractivity (Wildman–Crippen MR) is 64.1 cm³/mol. The van der Waals surface area contributed by atoms with Crippen LogP contribution in [0.5, 0.6) is 5.75 Å². The van der Waals surface area contributed by atoms with Gasteiger partial charge in [-0.2, -0.15) is 0 Å². The van der Waals surface area contributed by atoms with Crippen LogP contribution in [0.2, 0.25) is 0 Å². The molecule has 4 nitrogen and oxygen atoms in total. The maximum Gasteiger partial charge on any atom is 0.310 e. The lowest BCUT2D eigenvalue weighted by Gasteiger charge is -2.19. The van der Waals surface area contributed by atoms with Gasteiger partial charge in [-0.1, -0.05) is 18.2 Å². The van der Waals surface area contributed by atoms with E-state index in [1.165, 1.54) is 7.11 Å². The lowest BCUT2D eigenvalue weighted by Crippen LogP contribution is -2.23. The largest absolute Gasteiger partial charge is 0.496 e. The summed E-state index contributed by atoms with van der Waals surface area (Å²) < 4.78 is 10.2. The molecular weight excluding hydrogens is 218 g/mol. The van der Waals surface area contributed by atoms with Gasteiger partial charge in [0, 0.05) is 19.0 Å². The molecule has 1 aliphatic heterocycles. The zero-order chi connectivity index (χ0) is 12.3. The minimum absolute atomic E-state index is 0.124. The van der Waals surface area contributed by atoms with E-state index in [-0.39, 0.29) is 17.8 Å². The first-order valence-electron chi connectivity index (χ1n) is 5.69. The number of para-hydroxylation sites is 1. The van der Waals surface area contributed by atoms with Crippen LogP contribution in [0, 0.1) is 5.92 Å². The van der Waals surface area contributed by atoms with E-state index >= 15 is 0 Å². The van der Waals surface area contributed by atoms with E-state index in [2.05, 4.69) is 5.32 Å². The summed E-state index contributed by atoms with van der Waals surface area (Å²) in [6, 6.07) is 7.82. The monoisotopic (exact) mass is 235 g/mol. The Morgan fingerprint density at radius 3 is 2.76 bits per heavy atom. The number of carbonyl (C=O) groups is 1. The second-order valence-corrected chi connectivity index (χ2v) is 4.14. The highest BCUT2D eigenvalue weighted by Gasteiger charge is 2.36. The molecule has 1 aromatic carbocycles. The van der Waals surface area contributed by atoms with E-state index < -0.39 is 0 Å². The van der Waals surface area contributed by atoms with Gasteiger partial charge in [-0.15, -0.1) is 0 Å². The summed E-state index contributed by atoms with van der Waals surface area (Å²) in [7, 11) is 3.08. The summed E-state index contributed by atoms with van der Waals surface area (Å²) in [4.78, 5) is 11.7. The summed E-state index contributed by atoms with van der Waals surface area (Å²) >= 11 is 0. The number of rotatable bonds is 3. The van der Waals surface area contributed by atoms with Gasteiger partial charge in [0.05, 0.1) is 20.1 Å². The van der Waals surface area contributed by atoms with Gasteiger partial charge in [-0.3, -0.25) is 4.79 Å². The molecule has 0 spiro atoms. The van der Waals surface area contributed by atoms with Crippen molar-refractivity contribution < 1.29 is 14.3 Å². The van der Waals surface area contributed by atoms with Gasteiger partial charge in [0.2, 0.25) is 0 Å². The fourth-order valence-corrected chi connectivity index (χ4v) is 2.38. The average molecular weight is 235 g/mol. The second-order valence-electron chi connectivity index (χ2n) is 4.14. The number of esters is 1. The Morgan fingerprint density at radius 2 is 2.06 bits per heavy atom. The van der Waals surface area contributed by atoms with Gasteiger partial charge in [0.1, 0.15) is 5.75 Å².